The van der Waals surface area contributed by atoms with Crippen LogP contribution in [0.2, 0.25) is 5.02 Å². The van der Waals surface area contributed by atoms with Crippen molar-refractivity contribution in [1.29, 1.82) is 0 Å². The first-order valence-corrected chi connectivity index (χ1v) is 8.92. The molecule has 0 aliphatic heterocycles. The van der Waals surface area contributed by atoms with Crippen LogP contribution in [0.5, 0.6) is 17.2 Å². The highest BCUT2D eigenvalue weighted by atomic mass is 35.5. The summed E-state index contributed by atoms with van der Waals surface area (Å²) in [6, 6.07) is 11.1. The monoisotopic (exact) mass is 362 g/mol. The van der Waals surface area contributed by atoms with Crippen molar-refractivity contribution in [3.63, 3.8) is 0 Å². The lowest BCUT2D eigenvalue weighted by molar-refractivity contribution is 0.0729. The quantitative estimate of drug-likeness (QED) is 0.357. The van der Waals surface area contributed by atoms with E-state index in [1.165, 1.54) is 37.5 Å². The molecule has 0 atom stereocenters. The zero-order valence-corrected chi connectivity index (χ0v) is 15.1. The van der Waals surface area contributed by atoms with Gasteiger partial charge in [0.25, 0.3) is 0 Å². The molecule has 0 fully saturated rings. The molecule has 0 saturated carbocycles. The van der Waals surface area contributed by atoms with Gasteiger partial charge in [-0.2, -0.15) is 0 Å². The summed E-state index contributed by atoms with van der Waals surface area (Å²) in [5.41, 5.74) is 0.295. The maximum absolute atomic E-state index is 12.2. The number of unbranched alkanes of at least 4 members (excludes halogenated alkanes) is 4. The van der Waals surface area contributed by atoms with Crippen LogP contribution in [0.1, 0.15) is 49.4 Å². The van der Waals surface area contributed by atoms with Crippen LogP contribution in [0.4, 0.5) is 0 Å². The third-order valence-electron chi connectivity index (χ3n) is 3.74. The molecule has 0 heterocycles. The van der Waals surface area contributed by atoms with E-state index < -0.39 is 5.97 Å². The Hall–Kier alpha value is -2.20. The average molecular weight is 363 g/mol. The fourth-order valence-corrected chi connectivity index (χ4v) is 2.57. The van der Waals surface area contributed by atoms with E-state index in [0.717, 1.165) is 12.8 Å². The van der Waals surface area contributed by atoms with Gasteiger partial charge in [0.05, 0.1) is 17.2 Å². The lowest BCUT2D eigenvalue weighted by Gasteiger charge is -2.10. The molecule has 0 aromatic heterocycles. The second-order valence-corrected chi connectivity index (χ2v) is 6.17. The Bertz CT molecular complexity index is 700. The van der Waals surface area contributed by atoms with Crippen molar-refractivity contribution >= 4 is 17.6 Å². The first-order valence-electron chi connectivity index (χ1n) is 8.54. The highest BCUT2D eigenvalue weighted by Gasteiger charge is 2.13. The molecule has 0 radical (unpaired) electrons. The fraction of sp³-hybridized carbons (Fsp3) is 0.350. The van der Waals surface area contributed by atoms with E-state index in [9.17, 15) is 9.90 Å². The van der Waals surface area contributed by atoms with Crippen molar-refractivity contribution in [2.75, 3.05) is 6.61 Å². The second-order valence-electron chi connectivity index (χ2n) is 5.77. The topological polar surface area (TPSA) is 55.8 Å². The predicted molar refractivity (Wildman–Crippen MR) is 98.8 cm³/mol. The maximum atomic E-state index is 12.2. The number of para-hydroxylation sites is 2. The number of phenols is 1. The molecular weight excluding hydrogens is 340 g/mol. The van der Waals surface area contributed by atoms with Gasteiger partial charge in [0, 0.05) is 0 Å². The molecular formula is C20H23ClO4. The summed E-state index contributed by atoms with van der Waals surface area (Å²) in [5, 5.41) is 10.0. The minimum atomic E-state index is -0.588. The second kappa shape index (κ2) is 9.94. The van der Waals surface area contributed by atoms with Crippen LogP contribution in [0.25, 0.3) is 0 Å². The molecule has 0 spiro atoms. The van der Waals surface area contributed by atoms with Gasteiger partial charge in [-0.25, -0.2) is 4.79 Å². The van der Waals surface area contributed by atoms with Gasteiger partial charge in [-0.3, -0.25) is 0 Å². The number of benzene rings is 2. The number of rotatable bonds is 9. The van der Waals surface area contributed by atoms with Crippen LogP contribution in [0.3, 0.4) is 0 Å². The molecule has 4 nitrogen and oxygen atoms in total. The predicted octanol–water partition coefficient (Wildman–Crippen LogP) is 5.61. The normalized spacial score (nSPS) is 10.5. The van der Waals surface area contributed by atoms with Gasteiger partial charge >= 0.3 is 5.97 Å². The standard InChI is InChI=1S/C20H23ClO4/c1-2-3-4-5-8-13-24-18-12-11-15(14-16(18)21)20(23)25-19-10-7-6-9-17(19)22/h6-7,9-12,14,22H,2-5,8,13H2,1H3. The van der Waals surface area contributed by atoms with Crippen molar-refractivity contribution in [2.45, 2.75) is 39.0 Å². The number of hydrogen-bond acceptors (Lipinski definition) is 4. The minimum absolute atomic E-state index is 0.0926. The first-order chi connectivity index (χ1) is 12.1. The maximum Gasteiger partial charge on any atom is 0.343 e. The van der Waals surface area contributed by atoms with Gasteiger partial charge in [-0.1, -0.05) is 56.3 Å². The van der Waals surface area contributed by atoms with Crippen molar-refractivity contribution in [3.8, 4) is 17.2 Å². The van der Waals surface area contributed by atoms with E-state index in [2.05, 4.69) is 6.92 Å². The summed E-state index contributed by atoms with van der Waals surface area (Å²) in [6.07, 6.45) is 5.79. The molecule has 1 N–H and O–H groups in total. The van der Waals surface area contributed by atoms with Gasteiger partial charge in [0.1, 0.15) is 5.75 Å². The molecule has 0 amide bonds. The summed E-state index contributed by atoms with van der Waals surface area (Å²) in [6.45, 7) is 2.78. The number of carbonyl (C=O) groups is 1. The lowest BCUT2D eigenvalue weighted by atomic mass is 10.2. The average Bonchev–Trinajstić information content (AvgIpc) is 2.61. The summed E-state index contributed by atoms with van der Waals surface area (Å²) in [4.78, 5) is 12.2. The molecule has 2 aromatic rings. The molecule has 25 heavy (non-hydrogen) atoms. The van der Waals surface area contributed by atoms with E-state index >= 15 is 0 Å². The Morgan fingerprint density at radius 3 is 2.52 bits per heavy atom. The van der Waals surface area contributed by atoms with Crippen molar-refractivity contribution in [2.24, 2.45) is 0 Å². The number of phenolic OH excluding ortho intramolecular Hbond substituents is 1. The molecule has 0 aliphatic rings. The van der Waals surface area contributed by atoms with E-state index in [1.807, 2.05) is 0 Å². The van der Waals surface area contributed by atoms with Gasteiger partial charge in [0.15, 0.2) is 11.5 Å². The van der Waals surface area contributed by atoms with Crippen molar-refractivity contribution in [3.05, 3.63) is 53.1 Å². The number of hydrogen-bond donors (Lipinski definition) is 1. The largest absolute Gasteiger partial charge is 0.504 e. The van der Waals surface area contributed by atoms with Gasteiger partial charge in [0.2, 0.25) is 0 Å². The zero-order chi connectivity index (χ0) is 18.1. The third-order valence-corrected chi connectivity index (χ3v) is 4.04. The highest BCUT2D eigenvalue weighted by Crippen LogP contribution is 2.28. The Morgan fingerprint density at radius 1 is 1.04 bits per heavy atom. The molecule has 2 aromatic carbocycles. The Morgan fingerprint density at radius 2 is 1.80 bits per heavy atom. The summed E-state index contributed by atoms with van der Waals surface area (Å²) in [5.74, 6) is -0.0215. The third kappa shape index (κ3) is 5.98. The molecule has 5 heteroatoms. The molecule has 0 bridgehead atoms. The highest BCUT2D eigenvalue weighted by molar-refractivity contribution is 6.32. The summed E-state index contributed by atoms with van der Waals surface area (Å²) in [7, 11) is 0. The zero-order valence-electron chi connectivity index (χ0n) is 14.3. The molecule has 0 saturated heterocycles. The smallest absolute Gasteiger partial charge is 0.343 e. The Kier molecular flexibility index (Phi) is 7.61. The van der Waals surface area contributed by atoms with Crippen LogP contribution < -0.4 is 9.47 Å². The molecule has 0 aliphatic carbocycles. The molecule has 0 unspecified atom stereocenters. The SMILES string of the molecule is CCCCCCCOc1ccc(C(=O)Oc2ccccc2O)cc1Cl. The van der Waals surface area contributed by atoms with Crippen molar-refractivity contribution < 1.29 is 19.4 Å². The number of ether oxygens (including phenoxy) is 2. The number of esters is 1. The minimum Gasteiger partial charge on any atom is -0.504 e. The van der Waals surface area contributed by atoms with Gasteiger partial charge in [-0.15, -0.1) is 0 Å². The lowest BCUT2D eigenvalue weighted by Crippen LogP contribution is -2.09. The summed E-state index contributed by atoms with van der Waals surface area (Å²) < 4.78 is 10.8. The molecule has 2 rings (SSSR count). The van der Waals surface area contributed by atoms with Gasteiger partial charge < -0.3 is 14.6 Å². The van der Waals surface area contributed by atoms with E-state index in [-0.39, 0.29) is 11.5 Å². The summed E-state index contributed by atoms with van der Waals surface area (Å²) >= 11 is 6.19. The van der Waals surface area contributed by atoms with E-state index in [0.29, 0.717) is 22.9 Å². The van der Waals surface area contributed by atoms with Crippen LogP contribution in [-0.4, -0.2) is 17.7 Å². The van der Waals surface area contributed by atoms with Crippen molar-refractivity contribution in [1.82, 2.24) is 0 Å². The number of aromatic hydroxyl groups is 1. The van der Waals surface area contributed by atoms with Crippen LogP contribution in [0.15, 0.2) is 42.5 Å². The van der Waals surface area contributed by atoms with E-state index in [4.69, 9.17) is 21.1 Å². The van der Waals surface area contributed by atoms with E-state index in [1.54, 1.807) is 24.3 Å². The number of halogens is 1. The first kappa shape index (κ1) is 19.1. The Balaban J connectivity index is 1.90. The number of carbonyl (C=O) groups excluding carboxylic acids is 1. The molecule has 134 valence electrons. The van der Waals surface area contributed by atoms with Crippen LogP contribution >= 0.6 is 11.6 Å². The van der Waals surface area contributed by atoms with Gasteiger partial charge in [-0.05, 0) is 36.8 Å². The Labute approximate surface area is 153 Å². The van der Waals surface area contributed by atoms with Crippen LogP contribution in [-0.2, 0) is 0 Å². The fourth-order valence-electron chi connectivity index (χ4n) is 2.33. The van der Waals surface area contributed by atoms with Crippen LogP contribution in [0, 0.1) is 0 Å².